The molecule has 114 valence electrons. The predicted molar refractivity (Wildman–Crippen MR) is 86.1 cm³/mol. The van der Waals surface area contributed by atoms with Gasteiger partial charge in [-0.2, -0.15) is 0 Å². The number of amides is 2. The number of imidazole rings is 1. The smallest absolute Gasteiger partial charge is 0.321 e. The Balaban J connectivity index is 1.58. The number of aromatic nitrogens is 4. The number of carbonyl (C=O) groups is 1. The fraction of sp³-hybridized carbons (Fsp3) is 0.286. The number of hydrogen-bond acceptors (Lipinski definition) is 5. The van der Waals surface area contributed by atoms with E-state index in [0.717, 1.165) is 21.9 Å². The molecule has 0 saturated heterocycles. The number of para-hydroxylation sites is 2. The van der Waals surface area contributed by atoms with Crippen LogP contribution in [0.5, 0.6) is 0 Å². The van der Waals surface area contributed by atoms with E-state index in [1.54, 1.807) is 0 Å². The van der Waals surface area contributed by atoms with Gasteiger partial charge in [0.25, 0.3) is 0 Å². The highest BCUT2D eigenvalue weighted by atomic mass is 32.1. The van der Waals surface area contributed by atoms with Gasteiger partial charge in [0, 0.05) is 13.1 Å². The third-order valence-corrected chi connectivity index (χ3v) is 3.97. The molecule has 2 heterocycles. The molecule has 2 N–H and O–H groups in total. The predicted octanol–water partition coefficient (Wildman–Crippen LogP) is 2.33. The molecule has 0 atom stereocenters. The minimum Gasteiger partial charge on any atom is -0.336 e. The van der Waals surface area contributed by atoms with E-state index in [0.29, 0.717) is 18.2 Å². The van der Waals surface area contributed by atoms with E-state index in [4.69, 9.17) is 0 Å². The van der Waals surface area contributed by atoms with Gasteiger partial charge in [-0.05, 0) is 26.0 Å². The fourth-order valence-corrected chi connectivity index (χ4v) is 2.83. The van der Waals surface area contributed by atoms with Crippen LogP contribution in [-0.2, 0) is 6.54 Å². The molecule has 0 aliphatic rings. The average molecular weight is 316 g/mol. The highest BCUT2D eigenvalue weighted by Crippen LogP contribution is 2.15. The summed E-state index contributed by atoms with van der Waals surface area (Å²) in [6.07, 6.45) is 0. The minimum atomic E-state index is -0.279. The molecule has 2 amide bonds. The first-order valence-corrected chi connectivity index (χ1v) is 7.72. The van der Waals surface area contributed by atoms with Crippen molar-refractivity contribution in [2.75, 3.05) is 11.9 Å². The van der Waals surface area contributed by atoms with Crippen LogP contribution >= 0.6 is 11.3 Å². The van der Waals surface area contributed by atoms with Gasteiger partial charge >= 0.3 is 6.03 Å². The Kier molecular flexibility index (Phi) is 4.01. The second-order valence-electron chi connectivity index (χ2n) is 4.81. The van der Waals surface area contributed by atoms with E-state index in [-0.39, 0.29) is 6.03 Å². The summed E-state index contributed by atoms with van der Waals surface area (Å²) in [6, 6.07) is 7.68. The molecule has 0 aliphatic carbocycles. The highest BCUT2D eigenvalue weighted by molar-refractivity contribution is 7.15. The lowest BCUT2D eigenvalue weighted by atomic mass is 10.3. The van der Waals surface area contributed by atoms with Gasteiger partial charge < -0.3 is 9.88 Å². The van der Waals surface area contributed by atoms with Crippen molar-refractivity contribution >= 4 is 33.5 Å². The molecular formula is C14H16N6OS. The second-order valence-corrected chi connectivity index (χ2v) is 5.99. The van der Waals surface area contributed by atoms with E-state index < -0.39 is 0 Å². The van der Waals surface area contributed by atoms with Crippen LogP contribution in [0.1, 0.15) is 10.8 Å². The lowest BCUT2D eigenvalue weighted by molar-refractivity contribution is 0.251. The summed E-state index contributed by atoms with van der Waals surface area (Å²) >= 11 is 1.34. The molecule has 0 spiro atoms. The quantitative estimate of drug-likeness (QED) is 0.773. The number of benzene rings is 1. The lowest BCUT2D eigenvalue weighted by Gasteiger charge is -2.08. The highest BCUT2D eigenvalue weighted by Gasteiger charge is 2.08. The Bertz CT molecular complexity index is 809. The average Bonchev–Trinajstić information content (AvgIpc) is 3.03. The molecule has 0 bridgehead atoms. The van der Waals surface area contributed by atoms with Crippen molar-refractivity contribution in [1.82, 2.24) is 25.1 Å². The zero-order valence-electron chi connectivity index (χ0n) is 12.3. The number of hydrogen-bond donors (Lipinski definition) is 2. The monoisotopic (exact) mass is 316 g/mol. The molecular weight excluding hydrogens is 300 g/mol. The molecule has 0 aliphatic heterocycles. The van der Waals surface area contributed by atoms with Gasteiger partial charge in [0.2, 0.25) is 5.13 Å². The molecule has 8 heteroatoms. The van der Waals surface area contributed by atoms with Crippen molar-refractivity contribution in [3.05, 3.63) is 35.1 Å². The molecule has 7 nitrogen and oxygen atoms in total. The molecule has 0 radical (unpaired) electrons. The number of fused-ring (bicyclic) bond motifs is 1. The standard InChI is InChI=1S/C14H16N6OS/c1-9-16-11-5-3-4-6-12(11)20(9)8-7-15-13(21)17-14-19-18-10(2)22-14/h3-6H,7-8H2,1-2H3,(H2,15,17,19,21). The van der Waals surface area contributed by atoms with Gasteiger partial charge in [0.05, 0.1) is 11.0 Å². The first-order chi connectivity index (χ1) is 10.6. The Hall–Kier alpha value is -2.48. The SMILES string of the molecule is Cc1nnc(NC(=O)NCCn2c(C)nc3ccccc32)s1. The zero-order chi connectivity index (χ0) is 15.5. The Morgan fingerprint density at radius 3 is 2.86 bits per heavy atom. The number of urea groups is 1. The maximum absolute atomic E-state index is 11.8. The van der Waals surface area contributed by atoms with E-state index in [9.17, 15) is 4.79 Å². The van der Waals surface area contributed by atoms with Crippen LogP contribution in [0.25, 0.3) is 11.0 Å². The van der Waals surface area contributed by atoms with Crippen molar-refractivity contribution < 1.29 is 4.79 Å². The third kappa shape index (κ3) is 3.06. The molecule has 0 fully saturated rings. The van der Waals surface area contributed by atoms with Crippen LogP contribution < -0.4 is 10.6 Å². The molecule has 0 saturated carbocycles. The van der Waals surface area contributed by atoms with Gasteiger partial charge in [-0.3, -0.25) is 5.32 Å². The summed E-state index contributed by atoms with van der Waals surface area (Å²) < 4.78 is 2.09. The number of carbonyl (C=O) groups excluding carboxylic acids is 1. The summed E-state index contributed by atoms with van der Waals surface area (Å²) in [7, 11) is 0. The van der Waals surface area contributed by atoms with Crippen LogP contribution in [0.3, 0.4) is 0 Å². The summed E-state index contributed by atoms with van der Waals surface area (Å²) in [4.78, 5) is 16.3. The summed E-state index contributed by atoms with van der Waals surface area (Å²) in [5, 5.41) is 14.5. The number of anilines is 1. The van der Waals surface area contributed by atoms with Crippen LogP contribution in [0.4, 0.5) is 9.93 Å². The molecule has 22 heavy (non-hydrogen) atoms. The third-order valence-electron chi connectivity index (χ3n) is 3.21. The van der Waals surface area contributed by atoms with Crippen molar-refractivity contribution in [2.24, 2.45) is 0 Å². The van der Waals surface area contributed by atoms with Crippen molar-refractivity contribution in [2.45, 2.75) is 20.4 Å². The number of rotatable bonds is 4. The Morgan fingerprint density at radius 1 is 1.27 bits per heavy atom. The Labute approximate surface area is 131 Å². The van der Waals surface area contributed by atoms with Gasteiger partial charge in [-0.15, -0.1) is 10.2 Å². The number of nitrogens with one attached hydrogen (secondary N) is 2. The van der Waals surface area contributed by atoms with E-state index in [1.807, 2.05) is 38.1 Å². The van der Waals surface area contributed by atoms with Crippen LogP contribution in [0.15, 0.2) is 24.3 Å². The number of aryl methyl sites for hydroxylation is 2. The molecule has 0 unspecified atom stereocenters. The zero-order valence-corrected chi connectivity index (χ0v) is 13.1. The van der Waals surface area contributed by atoms with Crippen LogP contribution in [-0.4, -0.2) is 32.3 Å². The summed E-state index contributed by atoms with van der Waals surface area (Å²) in [6.45, 7) is 4.97. The first kappa shape index (κ1) is 14.5. The van der Waals surface area contributed by atoms with Gasteiger partial charge in [0.15, 0.2) is 0 Å². The molecule has 2 aromatic heterocycles. The van der Waals surface area contributed by atoms with Gasteiger partial charge in [-0.1, -0.05) is 23.5 Å². The van der Waals surface area contributed by atoms with Crippen molar-refractivity contribution in [1.29, 1.82) is 0 Å². The molecule has 3 aromatic rings. The van der Waals surface area contributed by atoms with E-state index in [1.165, 1.54) is 11.3 Å². The van der Waals surface area contributed by atoms with Gasteiger partial charge in [0.1, 0.15) is 10.8 Å². The van der Waals surface area contributed by atoms with Crippen molar-refractivity contribution in [3.8, 4) is 0 Å². The van der Waals surface area contributed by atoms with E-state index >= 15 is 0 Å². The maximum atomic E-state index is 11.8. The van der Waals surface area contributed by atoms with Crippen molar-refractivity contribution in [3.63, 3.8) is 0 Å². The van der Waals surface area contributed by atoms with Crippen LogP contribution in [0, 0.1) is 13.8 Å². The van der Waals surface area contributed by atoms with E-state index in [2.05, 4.69) is 30.4 Å². The molecule has 3 rings (SSSR count). The summed E-state index contributed by atoms with van der Waals surface area (Å²) in [5.74, 6) is 0.933. The normalized spacial score (nSPS) is 10.8. The van der Waals surface area contributed by atoms with Crippen LogP contribution in [0.2, 0.25) is 0 Å². The lowest BCUT2D eigenvalue weighted by Crippen LogP contribution is -2.31. The van der Waals surface area contributed by atoms with Gasteiger partial charge in [-0.25, -0.2) is 9.78 Å². The first-order valence-electron chi connectivity index (χ1n) is 6.90. The second kappa shape index (κ2) is 6.10. The maximum Gasteiger partial charge on any atom is 0.321 e. The number of nitrogens with zero attached hydrogens (tertiary/aromatic N) is 4. The largest absolute Gasteiger partial charge is 0.336 e. The fourth-order valence-electron chi connectivity index (χ4n) is 2.25. The summed E-state index contributed by atoms with van der Waals surface area (Å²) in [5.41, 5.74) is 2.04. The minimum absolute atomic E-state index is 0.279. The topological polar surface area (TPSA) is 84.7 Å². The molecule has 1 aromatic carbocycles. The Morgan fingerprint density at radius 2 is 2.09 bits per heavy atom.